The number of carbonyl (C=O) groups is 2. The Labute approximate surface area is 232 Å². The van der Waals surface area contributed by atoms with Crippen LogP contribution in [-0.2, 0) is 7.05 Å². The maximum Gasteiger partial charge on any atom is 0.257 e. The number of para-hydroxylation sites is 2. The molecule has 5 rings (SSSR count). The Balaban J connectivity index is 1.50. The first-order valence-electron chi connectivity index (χ1n) is 15.0. The van der Waals surface area contributed by atoms with Gasteiger partial charge in [0.15, 0.2) is 0 Å². The summed E-state index contributed by atoms with van der Waals surface area (Å²) in [5.41, 5.74) is 2.47. The van der Waals surface area contributed by atoms with Crippen LogP contribution in [0.5, 0.6) is 5.75 Å². The molecule has 2 heterocycles. The van der Waals surface area contributed by atoms with E-state index >= 15 is 0 Å². The topological polar surface area (TPSA) is 54.8 Å². The SMILES string of the molecule is CCCN1CCCCCCCN(C(=O)c2cn(C)c3ccccc23)[C@@H]2CCCC[C@@H]2Oc2ccccc2C1=O. The van der Waals surface area contributed by atoms with E-state index in [-0.39, 0.29) is 24.0 Å². The summed E-state index contributed by atoms with van der Waals surface area (Å²) in [6.45, 7) is 4.39. The summed E-state index contributed by atoms with van der Waals surface area (Å²) in [7, 11) is 2.01. The van der Waals surface area contributed by atoms with Gasteiger partial charge in [0.25, 0.3) is 11.8 Å². The summed E-state index contributed by atoms with van der Waals surface area (Å²) in [6, 6.07) is 15.8. The monoisotopic (exact) mass is 529 g/mol. The number of nitrogens with zero attached hydrogens (tertiary/aromatic N) is 3. The minimum atomic E-state index is -0.142. The molecule has 0 saturated heterocycles. The number of benzene rings is 2. The highest BCUT2D eigenvalue weighted by molar-refractivity contribution is 6.07. The van der Waals surface area contributed by atoms with Gasteiger partial charge >= 0.3 is 0 Å². The highest BCUT2D eigenvalue weighted by atomic mass is 16.5. The van der Waals surface area contributed by atoms with Crippen molar-refractivity contribution in [2.45, 2.75) is 83.3 Å². The molecular formula is C33H43N3O3. The van der Waals surface area contributed by atoms with Crippen LogP contribution < -0.4 is 4.74 Å². The Bertz CT molecular complexity index is 1280. The molecule has 0 bridgehead atoms. The maximum atomic E-state index is 14.3. The molecule has 208 valence electrons. The van der Waals surface area contributed by atoms with E-state index in [2.05, 4.69) is 28.5 Å². The molecule has 2 aliphatic rings. The molecule has 2 aromatic carbocycles. The van der Waals surface area contributed by atoms with Crippen molar-refractivity contribution in [3.63, 3.8) is 0 Å². The van der Waals surface area contributed by atoms with Crippen LogP contribution in [0.2, 0.25) is 0 Å². The zero-order valence-corrected chi connectivity index (χ0v) is 23.6. The molecule has 1 aliphatic heterocycles. The molecular weight excluding hydrogens is 486 g/mol. The van der Waals surface area contributed by atoms with Gasteiger partial charge < -0.3 is 19.1 Å². The van der Waals surface area contributed by atoms with Gasteiger partial charge in [-0.3, -0.25) is 9.59 Å². The van der Waals surface area contributed by atoms with Gasteiger partial charge in [0.1, 0.15) is 11.9 Å². The normalized spacial score (nSPS) is 21.4. The lowest BCUT2D eigenvalue weighted by Crippen LogP contribution is -2.51. The average Bonchev–Trinajstić information content (AvgIpc) is 3.30. The van der Waals surface area contributed by atoms with Crippen molar-refractivity contribution in [1.29, 1.82) is 0 Å². The number of aryl methyl sites for hydroxylation is 1. The summed E-state index contributed by atoms with van der Waals surface area (Å²) >= 11 is 0. The van der Waals surface area contributed by atoms with Crippen LogP contribution in [0.4, 0.5) is 0 Å². The first-order chi connectivity index (χ1) is 19.1. The third-order valence-electron chi connectivity index (χ3n) is 8.46. The highest BCUT2D eigenvalue weighted by Gasteiger charge is 2.36. The van der Waals surface area contributed by atoms with Gasteiger partial charge in [-0.1, -0.05) is 62.9 Å². The molecule has 2 atom stereocenters. The van der Waals surface area contributed by atoms with E-state index < -0.39 is 0 Å². The van der Waals surface area contributed by atoms with E-state index in [0.717, 1.165) is 100 Å². The van der Waals surface area contributed by atoms with Gasteiger partial charge in [-0.15, -0.1) is 0 Å². The summed E-state index contributed by atoms with van der Waals surface area (Å²) in [6.07, 6.45) is 12.0. The Morgan fingerprint density at radius 2 is 1.62 bits per heavy atom. The number of amides is 2. The van der Waals surface area contributed by atoms with Gasteiger partial charge in [0.2, 0.25) is 0 Å². The van der Waals surface area contributed by atoms with Gasteiger partial charge in [0, 0.05) is 43.8 Å². The molecule has 1 aromatic heterocycles. The van der Waals surface area contributed by atoms with E-state index in [1.54, 1.807) is 0 Å². The predicted octanol–water partition coefficient (Wildman–Crippen LogP) is 6.83. The zero-order chi connectivity index (χ0) is 27.2. The van der Waals surface area contributed by atoms with E-state index in [0.29, 0.717) is 11.3 Å². The summed E-state index contributed by atoms with van der Waals surface area (Å²) < 4.78 is 8.79. The van der Waals surface area contributed by atoms with E-state index in [9.17, 15) is 9.59 Å². The van der Waals surface area contributed by atoms with Crippen molar-refractivity contribution in [1.82, 2.24) is 14.4 Å². The molecule has 1 fully saturated rings. The third kappa shape index (κ3) is 6.00. The molecule has 1 aliphatic carbocycles. The maximum absolute atomic E-state index is 14.3. The number of rotatable bonds is 3. The minimum Gasteiger partial charge on any atom is -0.487 e. The number of hydrogen-bond donors (Lipinski definition) is 0. The fourth-order valence-electron chi connectivity index (χ4n) is 6.44. The van der Waals surface area contributed by atoms with Crippen molar-refractivity contribution in [3.05, 3.63) is 65.9 Å². The highest BCUT2D eigenvalue weighted by Crippen LogP contribution is 2.32. The van der Waals surface area contributed by atoms with Crippen LogP contribution in [0.15, 0.2) is 54.7 Å². The fraction of sp³-hybridized carbons (Fsp3) is 0.515. The zero-order valence-electron chi connectivity index (χ0n) is 23.6. The Morgan fingerprint density at radius 1 is 0.897 bits per heavy atom. The number of fused-ring (bicyclic) bond motifs is 3. The van der Waals surface area contributed by atoms with E-state index in [1.165, 1.54) is 0 Å². The van der Waals surface area contributed by atoms with Crippen LogP contribution >= 0.6 is 0 Å². The summed E-state index contributed by atoms with van der Waals surface area (Å²) in [5.74, 6) is 0.793. The second kappa shape index (κ2) is 12.7. The van der Waals surface area contributed by atoms with Crippen molar-refractivity contribution in [2.75, 3.05) is 19.6 Å². The average molecular weight is 530 g/mol. The van der Waals surface area contributed by atoms with Crippen molar-refractivity contribution in [2.24, 2.45) is 7.05 Å². The molecule has 39 heavy (non-hydrogen) atoms. The molecule has 6 nitrogen and oxygen atoms in total. The smallest absolute Gasteiger partial charge is 0.257 e. The van der Waals surface area contributed by atoms with Crippen molar-refractivity contribution in [3.8, 4) is 5.75 Å². The summed E-state index contributed by atoms with van der Waals surface area (Å²) in [5, 5.41) is 1.00. The minimum absolute atomic E-state index is 0.0229. The lowest BCUT2D eigenvalue weighted by Gasteiger charge is -2.40. The summed E-state index contributed by atoms with van der Waals surface area (Å²) in [4.78, 5) is 32.1. The van der Waals surface area contributed by atoms with Gasteiger partial charge in [-0.25, -0.2) is 0 Å². The third-order valence-corrected chi connectivity index (χ3v) is 8.46. The first kappa shape index (κ1) is 27.3. The van der Waals surface area contributed by atoms with Crippen molar-refractivity contribution >= 4 is 22.7 Å². The molecule has 0 N–H and O–H groups in total. The Kier molecular flexibility index (Phi) is 8.90. The number of aromatic nitrogens is 1. The molecule has 1 saturated carbocycles. The van der Waals surface area contributed by atoms with Crippen LogP contribution in [0.3, 0.4) is 0 Å². The van der Waals surface area contributed by atoms with Gasteiger partial charge in [-0.2, -0.15) is 0 Å². The van der Waals surface area contributed by atoms with Crippen LogP contribution in [0.25, 0.3) is 10.9 Å². The lowest BCUT2D eigenvalue weighted by molar-refractivity contribution is 0.0271. The molecule has 0 radical (unpaired) electrons. The second-order valence-electron chi connectivity index (χ2n) is 11.2. The number of carbonyl (C=O) groups excluding carboxylic acids is 2. The van der Waals surface area contributed by atoms with Crippen LogP contribution in [-0.4, -0.2) is 58.0 Å². The molecule has 2 amide bonds. The standard InChI is InChI=1S/C33H43N3O3/c1-3-21-35-22-13-5-4-6-14-23-36(33(38)27-24-34(2)28-17-9-7-15-25(27)28)29-18-10-12-20-31(29)39-30-19-11-8-16-26(30)32(35)37/h7-9,11,15-17,19,24,29,31H,3-6,10,12-14,18,20-23H2,1-2H3/t29-,31+/m1/s1. The van der Waals surface area contributed by atoms with Gasteiger partial charge in [-0.05, 0) is 56.7 Å². The fourth-order valence-corrected chi connectivity index (χ4v) is 6.44. The van der Waals surface area contributed by atoms with Crippen LogP contribution in [0, 0.1) is 0 Å². The first-order valence-corrected chi connectivity index (χ1v) is 15.0. The molecule has 3 aromatic rings. The number of ether oxygens (including phenoxy) is 1. The molecule has 0 spiro atoms. The quantitative estimate of drug-likeness (QED) is 0.374. The lowest BCUT2D eigenvalue weighted by atomic mass is 9.90. The second-order valence-corrected chi connectivity index (χ2v) is 11.2. The molecule has 0 unspecified atom stereocenters. The largest absolute Gasteiger partial charge is 0.487 e. The van der Waals surface area contributed by atoms with Crippen LogP contribution in [0.1, 0.15) is 91.8 Å². The number of hydrogen-bond acceptors (Lipinski definition) is 3. The van der Waals surface area contributed by atoms with Crippen molar-refractivity contribution < 1.29 is 14.3 Å². The van der Waals surface area contributed by atoms with E-state index in [1.807, 2.05) is 54.5 Å². The van der Waals surface area contributed by atoms with E-state index in [4.69, 9.17) is 4.74 Å². The van der Waals surface area contributed by atoms with Gasteiger partial charge in [0.05, 0.1) is 17.2 Å². The predicted molar refractivity (Wildman–Crippen MR) is 156 cm³/mol. The Hall–Kier alpha value is -3.28. The molecule has 6 heteroatoms. The Morgan fingerprint density at radius 3 is 2.46 bits per heavy atom.